The van der Waals surface area contributed by atoms with Crippen LogP contribution in [0.5, 0.6) is 0 Å². The smallest absolute Gasteiger partial charge is 0.0662 e. The lowest BCUT2D eigenvalue weighted by Gasteiger charge is -2.08. The van der Waals surface area contributed by atoms with Crippen molar-refractivity contribution in [2.24, 2.45) is 5.92 Å². The largest absolute Gasteiger partial charge is 0.256 e. The fourth-order valence-corrected chi connectivity index (χ4v) is 2.23. The van der Waals surface area contributed by atoms with Crippen LogP contribution in [-0.2, 0) is 0 Å². The molecule has 0 amide bonds. The quantitative estimate of drug-likeness (QED) is 0.755. The Morgan fingerprint density at radius 3 is 2.29 bits per heavy atom. The maximum Gasteiger partial charge on any atom is 0.0662 e. The van der Waals surface area contributed by atoms with Gasteiger partial charge < -0.3 is 0 Å². The Bertz CT molecular complexity index is 641. The maximum absolute atomic E-state index is 4.56. The second kappa shape index (κ2) is 9.12. The highest BCUT2D eigenvalue weighted by molar-refractivity contribution is 5.62. The van der Waals surface area contributed by atoms with E-state index in [1.54, 1.807) is 0 Å². The third kappa shape index (κ3) is 4.56. The number of nitrogens with zero attached hydrogens (tertiary/aromatic N) is 1. The predicted molar refractivity (Wildman–Crippen MR) is 94.3 cm³/mol. The summed E-state index contributed by atoms with van der Waals surface area (Å²) in [6, 6.07) is 12.6. The molecule has 1 aliphatic rings. The van der Waals surface area contributed by atoms with Gasteiger partial charge >= 0.3 is 0 Å². The van der Waals surface area contributed by atoms with Gasteiger partial charge in [-0.25, -0.2) is 0 Å². The Hall–Kier alpha value is -1.89. The van der Waals surface area contributed by atoms with Gasteiger partial charge in [-0.3, -0.25) is 4.98 Å². The van der Waals surface area contributed by atoms with Crippen molar-refractivity contribution in [2.45, 2.75) is 41.0 Å². The molecule has 0 saturated heterocycles. The van der Waals surface area contributed by atoms with Crippen molar-refractivity contribution in [1.82, 2.24) is 4.98 Å². The zero-order valence-electron chi connectivity index (χ0n) is 13.9. The first-order valence-electron chi connectivity index (χ1n) is 8.06. The van der Waals surface area contributed by atoms with Gasteiger partial charge in [0, 0.05) is 11.8 Å². The molecule has 0 bridgehead atoms. The molecular weight excluding hydrogens is 254 g/mol. The van der Waals surface area contributed by atoms with Crippen molar-refractivity contribution in [1.29, 1.82) is 0 Å². The van der Waals surface area contributed by atoms with Gasteiger partial charge in [-0.1, -0.05) is 77.1 Å². The highest BCUT2D eigenvalue weighted by atomic mass is 14.6. The van der Waals surface area contributed by atoms with E-state index >= 15 is 0 Å². The highest BCUT2D eigenvalue weighted by Gasteiger charge is 2.03. The molecule has 1 aromatic carbocycles. The zero-order chi connectivity index (χ0) is 15.7. The first kappa shape index (κ1) is 17.2. The third-order valence-corrected chi connectivity index (χ3v) is 3.21. The summed E-state index contributed by atoms with van der Waals surface area (Å²) in [7, 11) is 0. The molecule has 3 rings (SSSR count). The van der Waals surface area contributed by atoms with E-state index in [4.69, 9.17) is 0 Å². The summed E-state index contributed by atoms with van der Waals surface area (Å²) in [6.45, 7) is 10.2. The SMILES string of the molecule is CC.CC.CC1C=c2ncc(-c3ccccc3)cc2=CC1. The highest BCUT2D eigenvalue weighted by Crippen LogP contribution is 2.15. The molecule has 1 aromatic heterocycles. The number of hydrogen-bond acceptors (Lipinski definition) is 1. The number of benzene rings is 1. The molecule has 0 spiro atoms. The topological polar surface area (TPSA) is 12.9 Å². The molecule has 0 saturated carbocycles. The van der Waals surface area contributed by atoms with Crippen LogP contribution < -0.4 is 10.6 Å². The Kier molecular flexibility index (Phi) is 7.45. The van der Waals surface area contributed by atoms with Crippen LogP contribution in [0.4, 0.5) is 0 Å². The second-order valence-corrected chi connectivity index (χ2v) is 4.65. The first-order valence-corrected chi connectivity index (χ1v) is 8.06. The van der Waals surface area contributed by atoms with Gasteiger partial charge in [-0.05, 0) is 29.2 Å². The van der Waals surface area contributed by atoms with Crippen LogP contribution in [0.3, 0.4) is 0 Å². The van der Waals surface area contributed by atoms with E-state index in [9.17, 15) is 0 Å². The molecule has 0 fully saturated rings. The summed E-state index contributed by atoms with van der Waals surface area (Å²) >= 11 is 0. The summed E-state index contributed by atoms with van der Waals surface area (Å²) in [6.07, 6.45) is 7.63. The Morgan fingerprint density at radius 1 is 0.952 bits per heavy atom. The van der Waals surface area contributed by atoms with E-state index in [2.05, 4.69) is 54.4 Å². The number of fused-ring (bicyclic) bond motifs is 1. The average Bonchev–Trinajstić information content (AvgIpc) is 2.59. The number of hydrogen-bond donors (Lipinski definition) is 0. The minimum atomic E-state index is 0.609. The van der Waals surface area contributed by atoms with E-state index in [1.165, 1.54) is 16.3 Å². The van der Waals surface area contributed by atoms with Crippen LogP contribution in [0.1, 0.15) is 41.0 Å². The summed E-state index contributed by atoms with van der Waals surface area (Å²) in [5.41, 5.74) is 2.43. The molecule has 0 N–H and O–H groups in total. The van der Waals surface area contributed by atoms with Crippen molar-refractivity contribution < 1.29 is 0 Å². The molecule has 1 nitrogen and oxygen atoms in total. The van der Waals surface area contributed by atoms with E-state index in [-0.39, 0.29) is 0 Å². The summed E-state index contributed by atoms with van der Waals surface area (Å²) in [5.74, 6) is 0.609. The first-order chi connectivity index (χ1) is 10.3. The number of rotatable bonds is 1. The van der Waals surface area contributed by atoms with Gasteiger partial charge in [-0.15, -0.1) is 0 Å². The molecule has 1 heterocycles. The van der Waals surface area contributed by atoms with Crippen molar-refractivity contribution >= 4 is 12.2 Å². The Balaban J connectivity index is 0.000000510. The fraction of sp³-hybridized carbons (Fsp3) is 0.350. The minimum absolute atomic E-state index is 0.609. The van der Waals surface area contributed by atoms with Crippen LogP contribution in [0, 0.1) is 5.92 Å². The minimum Gasteiger partial charge on any atom is -0.256 e. The Labute approximate surface area is 129 Å². The van der Waals surface area contributed by atoms with Crippen molar-refractivity contribution in [3.8, 4) is 11.1 Å². The standard InChI is InChI=1S/C16H15N.2C2H6/c1-12-7-8-14-10-15(11-17-16(14)9-12)13-5-3-2-4-6-13;2*1-2/h2-6,8-12H,7H2,1H3;2*1-2H3. The molecule has 1 atom stereocenters. The van der Waals surface area contributed by atoms with Crippen LogP contribution in [0.2, 0.25) is 0 Å². The molecule has 0 radical (unpaired) electrons. The van der Waals surface area contributed by atoms with Gasteiger partial charge in [0.2, 0.25) is 0 Å². The van der Waals surface area contributed by atoms with Gasteiger partial charge in [0.1, 0.15) is 0 Å². The van der Waals surface area contributed by atoms with Crippen molar-refractivity contribution in [3.05, 3.63) is 53.2 Å². The molecule has 1 aliphatic carbocycles. The van der Waals surface area contributed by atoms with Crippen molar-refractivity contribution in [2.75, 3.05) is 0 Å². The van der Waals surface area contributed by atoms with Gasteiger partial charge in [0.05, 0.1) is 5.35 Å². The molecular formula is C20H27N. The van der Waals surface area contributed by atoms with E-state index in [0.29, 0.717) is 5.92 Å². The number of aromatic nitrogens is 1. The number of pyridine rings is 1. The fourth-order valence-electron chi connectivity index (χ4n) is 2.23. The predicted octanol–water partition coefficient (Wildman–Crippen LogP) is 4.40. The average molecular weight is 281 g/mol. The van der Waals surface area contributed by atoms with Crippen LogP contribution in [0.25, 0.3) is 23.3 Å². The maximum atomic E-state index is 4.56. The lowest BCUT2D eigenvalue weighted by molar-refractivity contribution is 0.795. The summed E-state index contributed by atoms with van der Waals surface area (Å²) in [5, 5.41) is 2.40. The lowest BCUT2D eigenvalue weighted by Crippen LogP contribution is -2.31. The van der Waals surface area contributed by atoms with Gasteiger partial charge in [-0.2, -0.15) is 0 Å². The molecule has 0 aliphatic heterocycles. The normalized spacial score (nSPS) is 15.0. The lowest BCUT2D eigenvalue weighted by atomic mass is 10.00. The van der Waals surface area contributed by atoms with E-state index in [1.807, 2.05) is 40.0 Å². The van der Waals surface area contributed by atoms with Crippen molar-refractivity contribution in [3.63, 3.8) is 0 Å². The zero-order valence-corrected chi connectivity index (χ0v) is 13.9. The summed E-state index contributed by atoms with van der Waals surface area (Å²) < 4.78 is 0. The molecule has 1 heteroatoms. The van der Waals surface area contributed by atoms with Gasteiger partial charge in [0.25, 0.3) is 0 Å². The third-order valence-electron chi connectivity index (χ3n) is 3.21. The van der Waals surface area contributed by atoms with Gasteiger partial charge in [0.15, 0.2) is 0 Å². The van der Waals surface area contributed by atoms with E-state index < -0.39 is 0 Å². The second-order valence-electron chi connectivity index (χ2n) is 4.65. The van der Waals surface area contributed by atoms with Crippen LogP contribution in [-0.4, -0.2) is 4.98 Å². The molecule has 2 aromatic rings. The monoisotopic (exact) mass is 281 g/mol. The Morgan fingerprint density at radius 2 is 1.62 bits per heavy atom. The molecule has 1 unspecified atom stereocenters. The summed E-state index contributed by atoms with van der Waals surface area (Å²) in [4.78, 5) is 4.56. The molecule has 112 valence electrons. The van der Waals surface area contributed by atoms with Crippen LogP contribution >= 0.6 is 0 Å². The van der Waals surface area contributed by atoms with E-state index in [0.717, 1.165) is 11.8 Å². The molecule has 21 heavy (non-hydrogen) atoms. The van der Waals surface area contributed by atoms with Crippen LogP contribution in [0.15, 0.2) is 42.6 Å².